The van der Waals surface area contributed by atoms with Crippen molar-refractivity contribution < 1.29 is 14.7 Å². The number of carbonyl (C=O) groups excluding carboxylic acids is 1. The van der Waals surface area contributed by atoms with E-state index in [0.29, 0.717) is 5.56 Å². The van der Waals surface area contributed by atoms with Crippen molar-refractivity contribution >= 4 is 24.2 Å². The van der Waals surface area contributed by atoms with Crippen LogP contribution in [0.1, 0.15) is 26.3 Å². The smallest absolute Gasteiger partial charge is 0.336 e. The Bertz CT molecular complexity index is 564. The lowest BCUT2D eigenvalue weighted by Crippen LogP contribution is -2.09. The van der Waals surface area contributed by atoms with Gasteiger partial charge in [-0.25, -0.2) is 4.79 Å². The summed E-state index contributed by atoms with van der Waals surface area (Å²) in [5, 5.41) is 9.01. The first-order valence-electron chi connectivity index (χ1n) is 5.12. The second-order valence-electron chi connectivity index (χ2n) is 3.55. The van der Waals surface area contributed by atoms with Crippen molar-refractivity contribution in [3.63, 3.8) is 0 Å². The Hall–Kier alpha value is -2.13. The highest BCUT2D eigenvalue weighted by Crippen LogP contribution is 2.14. The van der Waals surface area contributed by atoms with E-state index in [1.54, 1.807) is 42.5 Å². The van der Waals surface area contributed by atoms with E-state index in [2.05, 4.69) is 0 Å². The summed E-state index contributed by atoms with van der Waals surface area (Å²) in [5.74, 6) is -1.37. The minimum Gasteiger partial charge on any atom is -0.478 e. The summed E-state index contributed by atoms with van der Waals surface area (Å²) in [5.41, 5.74) is 0.730. The number of ketones is 1. The Balaban J connectivity index is 0.00000162. The fraction of sp³-hybridized carbons (Fsp3) is 0. The first-order valence-corrected chi connectivity index (χ1v) is 5.12. The zero-order chi connectivity index (χ0) is 12.3. The monoisotopic (exact) mass is 262 g/mol. The predicted molar refractivity (Wildman–Crippen MR) is 70.5 cm³/mol. The lowest BCUT2D eigenvalue weighted by molar-refractivity contribution is 0.0693. The molecule has 0 spiro atoms. The van der Waals surface area contributed by atoms with Gasteiger partial charge in [-0.15, -0.1) is 12.4 Å². The number of benzene rings is 2. The van der Waals surface area contributed by atoms with Gasteiger partial charge in [-0.2, -0.15) is 0 Å². The minimum absolute atomic E-state index is 0. The molecule has 0 bridgehead atoms. The van der Waals surface area contributed by atoms with Crippen LogP contribution in [-0.4, -0.2) is 16.9 Å². The van der Waals surface area contributed by atoms with E-state index in [1.165, 1.54) is 12.1 Å². The molecule has 0 saturated carbocycles. The van der Waals surface area contributed by atoms with Crippen LogP contribution < -0.4 is 0 Å². The molecule has 0 atom stereocenters. The van der Waals surface area contributed by atoms with Crippen molar-refractivity contribution in [2.75, 3.05) is 0 Å². The molecule has 18 heavy (non-hydrogen) atoms. The van der Waals surface area contributed by atoms with E-state index < -0.39 is 5.97 Å². The summed E-state index contributed by atoms with van der Waals surface area (Å²) in [6.07, 6.45) is 0. The molecule has 0 aliphatic carbocycles. The van der Waals surface area contributed by atoms with Gasteiger partial charge in [-0.05, 0) is 6.07 Å². The number of carboxylic acid groups (broad SMARTS) is 1. The lowest BCUT2D eigenvalue weighted by Gasteiger charge is -2.04. The van der Waals surface area contributed by atoms with Crippen LogP contribution in [0.15, 0.2) is 54.6 Å². The summed E-state index contributed by atoms with van der Waals surface area (Å²) in [6, 6.07) is 14.8. The molecule has 0 saturated heterocycles. The Kier molecular flexibility index (Phi) is 4.63. The molecule has 0 fully saturated rings. The fourth-order valence-corrected chi connectivity index (χ4v) is 1.61. The standard InChI is InChI=1S/C14H10O3.ClH/c15-13(10-6-2-1-3-7-10)11-8-4-5-9-12(11)14(16)17;/h1-9H,(H,16,17);1H. The molecule has 0 aromatic heterocycles. The molecule has 0 radical (unpaired) electrons. The highest BCUT2D eigenvalue weighted by Gasteiger charge is 2.16. The van der Waals surface area contributed by atoms with E-state index in [-0.39, 0.29) is 29.3 Å². The molecule has 0 amide bonds. The van der Waals surface area contributed by atoms with Crippen LogP contribution in [0, 0.1) is 0 Å². The van der Waals surface area contributed by atoms with Gasteiger partial charge in [0.1, 0.15) is 0 Å². The van der Waals surface area contributed by atoms with Gasteiger partial charge in [-0.1, -0.05) is 48.5 Å². The Labute approximate surface area is 110 Å². The minimum atomic E-state index is -1.09. The topological polar surface area (TPSA) is 54.4 Å². The third-order valence-electron chi connectivity index (χ3n) is 2.44. The SMILES string of the molecule is Cl.O=C(O)c1ccccc1C(=O)c1ccccc1. The van der Waals surface area contributed by atoms with Crippen LogP contribution in [0.4, 0.5) is 0 Å². The number of rotatable bonds is 3. The summed E-state index contributed by atoms with van der Waals surface area (Å²) in [6.45, 7) is 0. The van der Waals surface area contributed by atoms with Crippen molar-refractivity contribution in [3.8, 4) is 0 Å². The molecule has 3 nitrogen and oxygen atoms in total. The number of carbonyl (C=O) groups is 2. The maximum Gasteiger partial charge on any atom is 0.336 e. The van der Waals surface area contributed by atoms with Gasteiger partial charge >= 0.3 is 5.97 Å². The zero-order valence-corrected chi connectivity index (χ0v) is 10.2. The number of carboxylic acids is 1. The Morgan fingerprint density at radius 1 is 0.778 bits per heavy atom. The van der Waals surface area contributed by atoms with Gasteiger partial charge in [0.15, 0.2) is 5.78 Å². The van der Waals surface area contributed by atoms with E-state index in [4.69, 9.17) is 5.11 Å². The second-order valence-corrected chi connectivity index (χ2v) is 3.55. The Morgan fingerprint density at radius 2 is 1.28 bits per heavy atom. The third kappa shape index (κ3) is 2.76. The number of hydrogen-bond donors (Lipinski definition) is 1. The quantitative estimate of drug-likeness (QED) is 0.865. The van der Waals surface area contributed by atoms with Crippen molar-refractivity contribution in [3.05, 3.63) is 71.3 Å². The number of halogens is 1. The van der Waals surface area contributed by atoms with Crippen molar-refractivity contribution in [2.45, 2.75) is 0 Å². The van der Waals surface area contributed by atoms with Crippen molar-refractivity contribution in [2.24, 2.45) is 0 Å². The molecule has 0 aliphatic rings. The Morgan fingerprint density at radius 3 is 1.83 bits per heavy atom. The molecular weight excluding hydrogens is 252 g/mol. The average Bonchev–Trinajstić information content (AvgIpc) is 2.39. The van der Waals surface area contributed by atoms with E-state index in [1.807, 2.05) is 0 Å². The molecule has 4 heteroatoms. The number of aromatic carboxylic acids is 1. The molecule has 0 aliphatic heterocycles. The summed E-state index contributed by atoms with van der Waals surface area (Å²) in [7, 11) is 0. The molecule has 2 rings (SSSR count). The summed E-state index contributed by atoms with van der Waals surface area (Å²) in [4.78, 5) is 23.1. The van der Waals surface area contributed by atoms with E-state index in [9.17, 15) is 9.59 Å². The molecule has 2 aromatic rings. The highest BCUT2D eigenvalue weighted by atomic mass is 35.5. The first kappa shape index (κ1) is 13.9. The first-order chi connectivity index (χ1) is 8.20. The van der Waals surface area contributed by atoms with Crippen LogP contribution in [0.5, 0.6) is 0 Å². The normalized spacial score (nSPS) is 9.33. The zero-order valence-electron chi connectivity index (χ0n) is 9.37. The predicted octanol–water partition coefficient (Wildman–Crippen LogP) is 3.04. The molecule has 2 aromatic carbocycles. The molecule has 0 heterocycles. The van der Waals surface area contributed by atoms with Gasteiger partial charge in [-0.3, -0.25) is 4.79 Å². The molecule has 1 N–H and O–H groups in total. The average molecular weight is 263 g/mol. The van der Waals surface area contributed by atoms with Crippen LogP contribution >= 0.6 is 12.4 Å². The van der Waals surface area contributed by atoms with Gasteiger partial charge < -0.3 is 5.11 Å². The maximum atomic E-state index is 12.1. The third-order valence-corrected chi connectivity index (χ3v) is 2.44. The van der Waals surface area contributed by atoms with E-state index >= 15 is 0 Å². The van der Waals surface area contributed by atoms with Crippen LogP contribution in [-0.2, 0) is 0 Å². The molecule has 92 valence electrons. The molecule has 0 unspecified atom stereocenters. The van der Waals surface area contributed by atoms with E-state index in [0.717, 1.165) is 0 Å². The second kappa shape index (κ2) is 5.98. The van der Waals surface area contributed by atoms with Crippen molar-refractivity contribution in [1.82, 2.24) is 0 Å². The van der Waals surface area contributed by atoms with Crippen molar-refractivity contribution in [1.29, 1.82) is 0 Å². The van der Waals surface area contributed by atoms with Gasteiger partial charge in [0.05, 0.1) is 5.56 Å². The maximum absolute atomic E-state index is 12.1. The van der Waals surface area contributed by atoms with Gasteiger partial charge in [0, 0.05) is 11.1 Å². The highest BCUT2D eigenvalue weighted by molar-refractivity contribution is 6.14. The lowest BCUT2D eigenvalue weighted by atomic mass is 9.98. The summed E-state index contributed by atoms with van der Waals surface area (Å²) < 4.78 is 0. The van der Waals surface area contributed by atoms with Crippen LogP contribution in [0.25, 0.3) is 0 Å². The van der Waals surface area contributed by atoms with Gasteiger partial charge in [0.25, 0.3) is 0 Å². The number of hydrogen-bond acceptors (Lipinski definition) is 2. The molecular formula is C14H11ClO3. The summed E-state index contributed by atoms with van der Waals surface area (Å²) >= 11 is 0. The largest absolute Gasteiger partial charge is 0.478 e. The fourth-order valence-electron chi connectivity index (χ4n) is 1.61. The van der Waals surface area contributed by atoms with Crippen LogP contribution in [0.3, 0.4) is 0 Å². The van der Waals surface area contributed by atoms with Crippen LogP contribution in [0.2, 0.25) is 0 Å². The van der Waals surface area contributed by atoms with Gasteiger partial charge in [0.2, 0.25) is 0 Å².